The van der Waals surface area contributed by atoms with Crippen LogP contribution in [0.3, 0.4) is 0 Å². The maximum atomic E-state index is 13.3. The van der Waals surface area contributed by atoms with E-state index in [-0.39, 0.29) is 18.1 Å². The molecule has 2 aliphatic rings. The van der Waals surface area contributed by atoms with Crippen LogP contribution in [0.15, 0.2) is 18.2 Å². The van der Waals surface area contributed by atoms with Crippen molar-refractivity contribution in [2.24, 2.45) is 0 Å². The molecule has 8 heteroatoms. The molecular weight excluding hydrogens is 474 g/mol. The summed E-state index contributed by atoms with van der Waals surface area (Å²) < 4.78 is 5.96. The molecule has 156 valence electrons. The predicted molar refractivity (Wildman–Crippen MR) is 123 cm³/mol. The normalized spacial score (nSPS) is 24.1. The van der Waals surface area contributed by atoms with E-state index in [0.717, 1.165) is 44.0 Å². The van der Waals surface area contributed by atoms with E-state index in [0.29, 0.717) is 21.4 Å². The van der Waals surface area contributed by atoms with Crippen LogP contribution in [0.1, 0.15) is 51.5 Å². The van der Waals surface area contributed by atoms with Gasteiger partial charge in [0.15, 0.2) is 5.11 Å². The number of carbonyl (C=O) groups is 1. The Morgan fingerprint density at radius 3 is 2.62 bits per heavy atom. The largest absolute Gasteiger partial charge is 0.378 e. The Balaban J connectivity index is 1.76. The van der Waals surface area contributed by atoms with E-state index in [9.17, 15) is 4.79 Å². The highest BCUT2D eigenvalue weighted by molar-refractivity contribution is 9.09. The van der Waals surface area contributed by atoms with Gasteiger partial charge in [-0.2, -0.15) is 5.26 Å². The second-order valence-corrected chi connectivity index (χ2v) is 9.54. The Morgan fingerprint density at radius 2 is 2.03 bits per heavy atom. The van der Waals surface area contributed by atoms with Crippen molar-refractivity contribution < 1.29 is 9.53 Å². The summed E-state index contributed by atoms with van der Waals surface area (Å²) >= 11 is 15.4. The van der Waals surface area contributed by atoms with Gasteiger partial charge in [0.2, 0.25) is 0 Å². The third-order valence-corrected chi connectivity index (χ3v) is 6.95. The van der Waals surface area contributed by atoms with Gasteiger partial charge in [0.1, 0.15) is 11.6 Å². The summed E-state index contributed by atoms with van der Waals surface area (Å²) in [5.41, 5.74) is 0.250. The zero-order chi connectivity index (χ0) is 21.2. The number of nitrogens with zero attached hydrogens (tertiary/aromatic N) is 3. The zero-order valence-corrected chi connectivity index (χ0v) is 19.8. The number of hydrogen-bond acceptors (Lipinski definition) is 4. The highest BCUT2D eigenvalue weighted by atomic mass is 79.9. The number of hydrogen-bond donors (Lipinski definition) is 0. The number of amides is 1. The van der Waals surface area contributed by atoms with Gasteiger partial charge in [0.05, 0.1) is 22.4 Å². The minimum absolute atomic E-state index is 0.0704. The Kier molecular flexibility index (Phi) is 7.21. The second kappa shape index (κ2) is 9.30. The number of carbonyl (C=O) groups excluding carboxylic acids is 1. The minimum atomic E-state index is -0.730. The summed E-state index contributed by atoms with van der Waals surface area (Å²) in [5.74, 6) is -0.0704. The van der Waals surface area contributed by atoms with E-state index in [2.05, 4.69) is 20.8 Å². The summed E-state index contributed by atoms with van der Waals surface area (Å²) in [6.07, 6.45) is 5.13. The maximum Gasteiger partial charge on any atom is 0.258 e. The van der Waals surface area contributed by atoms with Gasteiger partial charge < -0.3 is 9.64 Å². The molecule has 0 radical (unpaired) electrons. The lowest BCUT2D eigenvalue weighted by molar-refractivity contribution is -0.124. The van der Waals surface area contributed by atoms with Gasteiger partial charge >= 0.3 is 0 Å². The number of ether oxygens (including phenoxy) is 1. The van der Waals surface area contributed by atoms with E-state index < -0.39 is 5.54 Å². The van der Waals surface area contributed by atoms with Crippen LogP contribution >= 0.6 is 39.7 Å². The molecule has 1 amide bonds. The van der Waals surface area contributed by atoms with Gasteiger partial charge in [0.25, 0.3) is 5.91 Å². The fraction of sp³-hybridized carbons (Fsp3) is 0.571. The summed E-state index contributed by atoms with van der Waals surface area (Å²) in [5, 5.41) is 10.9. The average molecular weight is 499 g/mol. The molecule has 1 heterocycles. The molecule has 0 aromatic heterocycles. The molecular formula is C21H25BrClN3O2S. The van der Waals surface area contributed by atoms with Crippen LogP contribution in [0.2, 0.25) is 5.02 Å². The van der Waals surface area contributed by atoms with Crippen molar-refractivity contribution in [2.75, 3.05) is 16.8 Å². The van der Waals surface area contributed by atoms with Crippen molar-refractivity contribution in [3.8, 4) is 6.07 Å². The minimum Gasteiger partial charge on any atom is -0.378 e. The van der Waals surface area contributed by atoms with Gasteiger partial charge in [-0.3, -0.25) is 9.69 Å². The van der Waals surface area contributed by atoms with Crippen LogP contribution in [0, 0.1) is 11.3 Å². The van der Waals surface area contributed by atoms with Crippen molar-refractivity contribution in [3.05, 3.63) is 28.8 Å². The van der Waals surface area contributed by atoms with Crippen molar-refractivity contribution in [3.63, 3.8) is 0 Å². The van der Waals surface area contributed by atoms with Gasteiger partial charge in [-0.25, -0.2) is 0 Å². The van der Waals surface area contributed by atoms with Gasteiger partial charge in [-0.15, -0.1) is 0 Å². The summed E-state index contributed by atoms with van der Waals surface area (Å²) in [4.78, 5) is 16.9. The van der Waals surface area contributed by atoms with E-state index in [1.807, 2.05) is 19.9 Å². The van der Waals surface area contributed by atoms with E-state index in [4.69, 9.17) is 33.8 Å². The quantitative estimate of drug-likeness (QED) is 0.312. The third kappa shape index (κ3) is 4.46. The zero-order valence-electron chi connectivity index (χ0n) is 16.7. The monoisotopic (exact) mass is 497 g/mol. The first kappa shape index (κ1) is 22.5. The van der Waals surface area contributed by atoms with Crippen LogP contribution in [0.5, 0.6) is 0 Å². The van der Waals surface area contributed by atoms with Crippen LogP contribution in [0.4, 0.5) is 5.69 Å². The number of alkyl halides is 1. The Hall–Kier alpha value is -1.20. The molecule has 3 rings (SSSR count). The highest BCUT2D eigenvalue weighted by Crippen LogP contribution is 2.39. The maximum absolute atomic E-state index is 13.3. The Labute approximate surface area is 191 Å². The van der Waals surface area contributed by atoms with Crippen molar-refractivity contribution in [1.82, 2.24) is 4.90 Å². The molecule has 1 aromatic rings. The lowest BCUT2D eigenvalue weighted by Crippen LogP contribution is -2.51. The number of thiocarbonyl (C=S) groups is 1. The standard InChI is InChI=1S/C21H25BrClN3O2S/c1-21(2)19(27)25(16-5-4-14(13-24)18(23)12-16)20(29)26(21)15-6-8-17(9-7-15)28-11-3-10-22/h4-5,12,15,17H,3,6-11H2,1-2H3. The molecule has 0 spiro atoms. The highest BCUT2D eigenvalue weighted by Gasteiger charge is 2.52. The van der Waals surface area contributed by atoms with Gasteiger partial charge in [-0.05, 0) is 76.4 Å². The van der Waals surface area contributed by atoms with Gasteiger partial charge in [0, 0.05) is 18.0 Å². The number of nitriles is 1. The number of rotatable bonds is 6. The van der Waals surface area contributed by atoms with Crippen LogP contribution in [-0.4, -0.2) is 45.5 Å². The molecule has 1 aliphatic carbocycles. The molecule has 0 atom stereocenters. The SMILES string of the molecule is CC1(C)C(=O)N(c2ccc(C#N)c(Cl)c2)C(=S)N1C1CCC(OCCCBr)CC1. The van der Waals surface area contributed by atoms with Crippen molar-refractivity contribution >= 4 is 56.5 Å². The lowest BCUT2D eigenvalue weighted by Gasteiger charge is -2.40. The van der Waals surface area contributed by atoms with E-state index in [1.54, 1.807) is 23.1 Å². The molecule has 1 saturated carbocycles. The molecule has 2 fully saturated rings. The van der Waals surface area contributed by atoms with Crippen molar-refractivity contribution in [2.45, 2.75) is 63.6 Å². The first-order valence-corrected chi connectivity index (χ1v) is 11.8. The fourth-order valence-electron chi connectivity index (χ4n) is 4.16. The number of anilines is 1. The summed E-state index contributed by atoms with van der Waals surface area (Å²) in [7, 11) is 0. The lowest BCUT2D eigenvalue weighted by atomic mass is 9.89. The van der Waals surface area contributed by atoms with Crippen LogP contribution in [-0.2, 0) is 9.53 Å². The third-order valence-electron chi connectivity index (χ3n) is 5.70. The predicted octanol–water partition coefficient (Wildman–Crippen LogP) is 5.04. The summed E-state index contributed by atoms with van der Waals surface area (Å²) in [6.45, 7) is 4.62. The summed E-state index contributed by atoms with van der Waals surface area (Å²) in [6, 6.07) is 7.23. The topological polar surface area (TPSA) is 56.6 Å². The van der Waals surface area contributed by atoms with Crippen LogP contribution < -0.4 is 4.90 Å². The first-order chi connectivity index (χ1) is 13.8. The number of halogens is 2. The smallest absolute Gasteiger partial charge is 0.258 e. The second-order valence-electron chi connectivity index (χ2n) is 7.97. The number of benzene rings is 1. The Bertz CT molecular complexity index is 834. The van der Waals surface area contributed by atoms with E-state index in [1.165, 1.54) is 0 Å². The molecule has 1 saturated heterocycles. The molecule has 29 heavy (non-hydrogen) atoms. The fourth-order valence-corrected chi connectivity index (χ4v) is 5.17. The first-order valence-electron chi connectivity index (χ1n) is 9.86. The molecule has 5 nitrogen and oxygen atoms in total. The molecule has 0 unspecified atom stereocenters. The molecule has 1 aromatic carbocycles. The molecule has 0 N–H and O–H groups in total. The van der Waals surface area contributed by atoms with Gasteiger partial charge in [-0.1, -0.05) is 27.5 Å². The molecule has 0 bridgehead atoms. The average Bonchev–Trinajstić information content (AvgIpc) is 2.87. The van der Waals surface area contributed by atoms with Crippen LogP contribution in [0.25, 0.3) is 0 Å². The molecule has 1 aliphatic heterocycles. The van der Waals surface area contributed by atoms with E-state index >= 15 is 0 Å². The van der Waals surface area contributed by atoms with Crippen molar-refractivity contribution in [1.29, 1.82) is 5.26 Å². The Morgan fingerprint density at radius 1 is 1.34 bits per heavy atom.